The second kappa shape index (κ2) is 8.26. The van der Waals surface area contributed by atoms with Crippen molar-refractivity contribution in [2.75, 3.05) is 13.1 Å². The third-order valence-corrected chi connectivity index (χ3v) is 3.79. The molecule has 0 saturated heterocycles. The number of aromatic hydroxyl groups is 1. The number of hydrogen-bond donors (Lipinski definition) is 4. The molecule has 6 nitrogen and oxygen atoms in total. The first-order valence-electron chi connectivity index (χ1n) is 7.79. The highest BCUT2D eigenvalue weighted by molar-refractivity contribution is 5.96. The van der Waals surface area contributed by atoms with Gasteiger partial charge in [0.05, 0.1) is 12.1 Å². The lowest BCUT2D eigenvalue weighted by Gasteiger charge is -2.23. The number of nitrogens with one attached hydrogen (secondary N) is 2. The van der Waals surface area contributed by atoms with Crippen molar-refractivity contribution in [3.8, 4) is 5.75 Å². The van der Waals surface area contributed by atoms with Gasteiger partial charge >= 0.3 is 0 Å². The number of nitrogens with two attached hydrogens (primary N) is 1. The molecule has 22 heavy (non-hydrogen) atoms. The Labute approximate surface area is 130 Å². The van der Waals surface area contributed by atoms with Crippen LogP contribution in [0.3, 0.4) is 0 Å². The van der Waals surface area contributed by atoms with Crippen molar-refractivity contribution in [1.29, 1.82) is 0 Å². The Morgan fingerprint density at radius 1 is 1.27 bits per heavy atom. The van der Waals surface area contributed by atoms with Crippen LogP contribution in [0.4, 0.5) is 0 Å². The summed E-state index contributed by atoms with van der Waals surface area (Å²) in [5, 5.41) is 15.5. The molecule has 1 aromatic rings. The number of benzene rings is 1. The molecule has 6 heteroatoms. The first kappa shape index (κ1) is 16.1. The largest absolute Gasteiger partial charge is 0.507 e. The molecule has 0 aromatic heterocycles. The summed E-state index contributed by atoms with van der Waals surface area (Å²) in [4.78, 5) is 16.1. The van der Waals surface area contributed by atoms with Gasteiger partial charge in [0, 0.05) is 12.6 Å². The van der Waals surface area contributed by atoms with E-state index in [2.05, 4.69) is 15.6 Å². The fraction of sp³-hybridized carbons (Fsp3) is 0.500. The van der Waals surface area contributed by atoms with Crippen molar-refractivity contribution >= 4 is 11.9 Å². The van der Waals surface area contributed by atoms with Crippen molar-refractivity contribution in [2.45, 2.75) is 38.1 Å². The lowest BCUT2D eigenvalue weighted by atomic mass is 9.96. The molecule has 0 aliphatic heterocycles. The fourth-order valence-electron chi connectivity index (χ4n) is 2.61. The molecule has 1 aliphatic rings. The Morgan fingerprint density at radius 2 is 2.00 bits per heavy atom. The van der Waals surface area contributed by atoms with Crippen LogP contribution < -0.4 is 16.4 Å². The molecule has 0 atom stereocenters. The molecule has 1 aromatic carbocycles. The zero-order chi connectivity index (χ0) is 15.8. The number of nitrogens with zero attached hydrogens (tertiary/aromatic N) is 1. The first-order chi connectivity index (χ1) is 10.7. The number of hydrogen-bond acceptors (Lipinski definition) is 3. The Kier molecular flexibility index (Phi) is 6.06. The quantitative estimate of drug-likeness (QED) is 0.375. The second-order valence-electron chi connectivity index (χ2n) is 5.52. The van der Waals surface area contributed by atoms with Crippen LogP contribution in [0.15, 0.2) is 29.3 Å². The maximum atomic E-state index is 11.9. The fourth-order valence-corrected chi connectivity index (χ4v) is 2.61. The second-order valence-corrected chi connectivity index (χ2v) is 5.52. The van der Waals surface area contributed by atoms with Gasteiger partial charge in [0.1, 0.15) is 5.75 Å². The van der Waals surface area contributed by atoms with Crippen LogP contribution in [-0.2, 0) is 0 Å². The molecular weight excluding hydrogens is 280 g/mol. The van der Waals surface area contributed by atoms with Gasteiger partial charge in [-0.15, -0.1) is 0 Å². The molecule has 1 saturated carbocycles. The topological polar surface area (TPSA) is 99.7 Å². The number of carbonyl (C=O) groups is 1. The molecule has 1 amide bonds. The van der Waals surface area contributed by atoms with E-state index in [-0.39, 0.29) is 17.2 Å². The Balaban J connectivity index is 1.70. The normalized spacial score (nSPS) is 16.3. The van der Waals surface area contributed by atoms with E-state index in [0.717, 1.165) is 12.8 Å². The van der Waals surface area contributed by atoms with Crippen LogP contribution in [0.25, 0.3) is 0 Å². The molecule has 0 unspecified atom stereocenters. The highest BCUT2D eigenvalue weighted by Crippen LogP contribution is 2.17. The van der Waals surface area contributed by atoms with Crippen LogP contribution in [0, 0.1) is 0 Å². The predicted octanol–water partition coefficient (Wildman–Crippen LogP) is 1.36. The zero-order valence-corrected chi connectivity index (χ0v) is 12.7. The molecule has 0 bridgehead atoms. The summed E-state index contributed by atoms with van der Waals surface area (Å²) >= 11 is 0. The third kappa shape index (κ3) is 4.95. The van der Waals surface area contributed by atoms with Gasteiger partial charge in [-0.25, -0.2) is 0 Å². The summed E-state index contributed by atoms with van der Waals surface area (Å²) < 4.78 is 0. The monoisotopic (exact) mass is 304 g/mol. The minimum Gasteiger partial charge on any atom is -0.507 e. The average Bonchev–Trinajstić information content (AvgIpc) is 2.53. The molecule has 0 radical (unpaired) electrons. The average molecular weight is 304 g/mol. The number of amides is 1. The lowest BCUT2D eigenvalue weighted by Crippen LogP contribution is -2.41. The minimum atomic E-state index is -0.313. The number of aliphatic imine (C=N–C) groups is 1. The molecule has 1 fully saturated rings. The van der Waals surface area contributed by atoms with E-state index in [4.69, 9.17) is 5.73 Å². The van der Waals surface area contributed by atoms with Crippen molar-refractivity contribution in [2.24, 2.45) is 10.7 Å². The number of phenols is 1. The Morgan fingerprint density at radius 3 is 2.73 bits per heavy atom. The van der Waals surface area contributed by atoms with E-state index in [1.165, 1.54) is 25.3 Å². The number of guanidine groups is 1. The number of para-hydroxylation sites is 1. The summed E-state index contributed by atoms with van der Waals surface area (Å²) in [5.41, 5.74) is 6.11. The van der Waals surface area contributed by atoms with E-state index in [1.807, 2.05) is 0 Å². The minimum absolute atomic E-state index is 0.0259. The number of carbonyl (C=O) groups excluding carboxylic acids is 1. The van der Waals surface area contributed by atoms with Gasteiger partial charge in [-0.05, 0) is 25.0 Å². The van der Waals surface area contributed by atoms with Gasteiger partial charge in [-0.3, -0.25) is 9.79 Å². The van der Waals surface area contributed by atoms with Gasteiger partial charge in [0.15, 0.2) is 5.96 Å². The molecular formula is C16H24N4O2. The van der Waals surface area contributed by atoms with Crippen molar-refractivity contribution in [3.63, 3.8) is 0 Å². The Hall–Kier alpha value is -2.24. The van der Waals surface area contributed by atoms with E-state index >= 15 is 0 Å². The van der Waals surface area contributed by atoms with Gasteiger partial charge in [-0.2, -0.15) is 0 Å². The standard InChI is InChI=1S/C16H24N4O2/c17-16(20-12-6-2-1-3-7-12)19-11-10-18-15(22)13-8-4-5-9-14(13)21/h4-5,8-9,12,21H,1-3,6-7,10-11H2,(H,18,22)(H3,17,19,20). The van der Waals surface area contributed by atoms with Crippen molar-refractivity contribution in [3.05, 3.63) is 29.8 Å². The van der Waals surface area contributed by atoms with Crippen molar-refractivity contribution in [1.82, 2.24) is 10.6 Å². The van der Waals surface area contributed by atoms with Crippen LogP contribution in [0.2, 0.25) is 0 Å². The van der Waals surface area contributed by atoms with Crippen LogP contribution in [-0.4, -0.2) is 36.1 Å². The van der Waals surface area contributed by atoms with Crippen molar-refractivity contribution < 1.29 is 9.90 Å². The number of phenolic OH excluding ortho intramolecular Hbond substituents is 1. The van der Waals surface area contributed by atoms with Gasteiger partial charge in [0.25, 0.3) is 5.91 Å². The molecule has 0 heterocycles. The van der Waals surface area contributed by atoms with Crippen LogP contribution in [0.1, 0.15) is 42.5 Å². The van der Waals surface area contributed by atoms with E-state index in [1.54, 1.807) is 18.2 Å². The summed E-state index contributed by atoms with van der Waals surface area (Å²) in [6, 6.07) is 6.87. The van der Waals surface area contributed by atoms with E-state index in [9.17, 15) is 9.90 Å². The summed E-state index contributed by atoms with van der Waals surface area (Å²) in [7, 11) is 0. The van der Waals surface area contributed by atoms with Crippen LogP contribution >= 0.6 is 0 Å². The van der Waals surface area contributed by atoms with Gasteiger partial charge in [-0.1, -0.05) is 31.4 Å². The predicted molar refractivity (Wildman–Crippen MR) is 86.9 cm³/mol. The summed E-state index contributed by atoms with van der Waals surface area (Å²) in [5.74, 6) is 0.0952. The van der Waals surface area contributed by atoms with E-state index in [0.29, 0.717) is 25.1 Å². The number of rotatable bonds is 5. The SMILES string of the molecule is NC(=NCCNC(=O)c1ccccc1O)NC1CCCCC1. The molecule has 2 rings (SSSR count). The molecule has 120 valence electrons. The summed E-state index contributed by atoms with van der Waals surface area (Å²) in [6.45, 7) is 0.783. The molecule has 1 aliphatic carbocycles. The molecule has 0 spiro atoms. The maximum Gasteiger partial charge on any atom is 0.255 e. The zero-order valence-electron chi connectivity index (χ0n) is 12.7. The third-order valence-electron chi connectivity index (χ3n) is 3.79. The summed E-state index contributed by atoms with van der Waals surface area (Å²) in [6.07, 6.45) is 6.05. The van der Waals surface area contributed by atoms with Crippen LogP contribution in [0.5, 0.6) is 5.75 Å². The smallest absolute Gasteiger partial charge is 0.255 e. The highest BCUT2D eigenvalue weighted by atomic mass is 16.3. The lowest BCUT2D eigenvalue weighted by molar-refractivity contribution is 0.0952. The maximum absolute atomic E-state index is 11.9. The Bertz CT molecular complexity index is 525. The molecule has 5 N–H and O–H groups in total. The van der Waals surface area contributed by atoms with Gasteiger partial charge in [0.2, 0.25) is 0 Å². The first-order valence-corrected chi connectivity index (χ1v) is 7.79. The van der Waals surface area contributed by atoms with E-state index < -0.39 is 0 Å². The van der Waals surface area contributed by atoms with Gasteiger partial charge < -0.3 is 21.5 Å². The highest BCUT2D eigenvalue weighted by Gasteiger charge is 2.13.